The Morgan fingerprint density at radius 3 is 2.24 bits per heavy atom. The third kappa shape index (κ3) is 5.31. The van der Waals surface area contributed by atoms with Gasteiger partial charge in [0.1, 0.15) is 0 Å². The molecule has 0 radical (unpaired) electrons. The summed E-state index contributed by atoms with van der Waals surface area (Å²) in [6.45, 7) is 1.95. The van der Waals surface area contributed by atoms with Gasteiger partial charge in [0, 0.05) is 6.42 Å². The molecule has 0 heterocycles. The Hall–Kier alpha value is -0.900. The second-order valence-electron chi connectivity index (χ2n) is 4.50. The highest BCUT2D eigenvalue weighted by molar-refractivity contribution is 5.15. The fraction of sp³-hybridized carbons (Fsp3) is 0.571. The third-order valence-electron chi connectivity index (χ3n) is 2.86. The van der Waals surface area contributed by atoms with Crippen LogP contribution in [0.15, 0.2) is 30.3 Å². The highest BCUT2D eigenvalue weighted by Crippen LogP contribution is 2.12. The smallest absolute Gasteiger partial charge is 0.0823 e. The normalized spacial score (nSPS) is 16.5. The molecule has 0 amide bonds. The molecule has 3 N–H and O–H groups in total. The van der Waals surface area contributed by atoms with Crippen LogP contribution in [0.3, 0.4) is 0 Å². The molecule has 1 rings (SSSR count). The average Bonchev–Trinajstić information content (AvgIpc) is 2.30. The van der Waals surface area contributed by atoms with Gasteiger partial charge < -0.3 is 15.3 Å². The topological polar surface area (TPSA) is 60.7 Å². The van der Waals surface area contributed by atoms with E-state index >= 15 is 0 Å². The number of aliphatic hydroxyl groups excluding tert-OH is 3. The Bertz CT molecular complexity index is 300. The molecule has 0 aliphatic rings. The molecule has 0 spiro atoms. The zero-order valence-corrected chi connectivity index (χ0v) is 10.3. The maximum absolute atomic E-state index is 9.82. The maximum Gasteiger partial charge on any atom is 0.0823 e. The van der Waals surface area contributed by atoms with E-state index < -0.39 is 18.3 Å². The zero-order chi connectivity index (χ0) is 12.7. The van der Waals surface area contributed by atoms with Crippen LogP contribution in [0.1, 0.15) is 31.7 Å². The van der Waals surface area contributed by atoms with Crippen molar-refractivity contribution < 1.29 is 15.3 Å². The van der Waals surface area contributed by atoms with Crippen molar-refractivity contribution in [2.24, 2.45) is 0 Å². The molecule has 96 valence electrons. The van der Waals surface area contributed by atoms with E-state index in [0.717, 1.165) is 12.0 Å². The van der Waals surface area contributed by atoms with Gasteiger partial charge in [0.2, 0.25) is 0 Å². The Morgan fingerprint density at radius 2 is 1.65 bits per heavy atom. The lowest BCUT2D eigenvalue weighted by Gasteiger charge is -2.20. The quantitative estimate of drug-likeness (QED) is 0.674. The summed E-state index contributed by atoms with van der Waals surface area (Å²) in [6.07, 6.45) is -0.0584. The van der Waals surface area contributed by atoms with Gasteiger partial charge in [0.25, 0.3) is 0 Å². The van der Waals surface area contributed by atoms with E-state index in [-0.39, 0.29) is 6.42 Å². The average molecular weight is 238 g/mol. The predicted octanol–water partition coefficient (Wildman–Crippen LogP) is 1.50. The number of aliphatic hydroxyl groups is 3. The minimum absolute atomic E-state index is 0.218. The van der Waals surface area contributed by atoms with Crippen LogP contribution >= 0.6 is 0 Å². The molecule has 0 bridgehead atoms. The molecule has 3 heteroatoms. The molecule has 0 aliphatic heterocycles. The van der Waals surface area contributed by atoms with Crippen molar-refractivity contribution in [3.63, 3.8) is 0 Å². The first kappa shape index (κ1) is 14.2. The van der Waals surface area contributed by atoms with Crippen LogP contribution in [0.2, 0.25) is 0 Å². The lowest BCUT2D eigenvalue weighted by molar-refractivity contribution is -0.0155. The molecule has 0 aliphatic carbocycles. The molecule has 0 fully saturated rings. The first-order valence-electron chi connectivity index (χ1n) is 6.21. The summed E-state index contributed by atoms with van der Waals surface area (Å²) in [4.78, 5) is 0. The minimum Gasteiger partial charge on any atom is -0.393 e. The van der Waals surface area contributed by atoms with E-state index in [1.807, 2.05) is 37.3 Å². The molecular formula is C14H22O3. The monoisotopic (exact) mass is 238 g/mol. The second kappa shape index (κ2) is 7.43. The van der Waals surface area contributed by atoms with Crippen molar-refractivity contribution in [2.75, 3.05) is 0 Å². The highest BCUT2D eigenvalue weighted by atomic mass is 16.3. The van der Waals surface area contributed by atoms with Crippen LogP contribution in [0.25, 0.3) is 0 Å². The molecular weight excluding hydrogens is 216 g/mol. The van der Waals surface area contributed by atoms with Gasteiger partial charge in [-0.1, -0.05) is 43.7 Å². The SMILES string of the molecule is CCC[C@H](O)[C@H](O)C[C@H](O)Cc1ccccc1. The molecule has 3 nitrogen and oxygen atoms in total. The lowest BCUT2D eigenvalue weighted by atomic mass is 9.99. The molecule has 0 saturated heterocycles. The fourth-order valence-electron chi connectivity index (χ4n) is 1.89. The first-order chi connectivity index (χ1) is 8.13. The maximum atomic E-state index is 9.82. The Kier molecular flexibility index (Phi) is 6.19. The summed E-state index contributed by atoms with van der Waals surface area (Å²) in [7, 11) is 0. The van der Waals surface area contributed by atoms with Gasteiger partial charge in [0.05, 0.1) is 18.3 Å². The summed E-state index contributed by atoms with van der Waals surface area (Å²) in [6, 6.07) is 9.65. The van der Waals surface area contributed by atoms with Crippen molar-refractivity contribution in [1.82, 2.24) is 0 Å². The van der Waals surface area contributed by atoms with Gasteiger partial charge in [0.15, 0.2) is 0 Å². The summed E-state index contributed by atoms with van der Waals surface area (Å²) in [5, 5.41) is 29.1. The molecule has 0 unspecified atom stereocenters. The first-order valence-corrected chi connectivity index (χ1v) is 6.21. The summed E-state index contributed by atoms with van der Waals surface area (Å²) in [5.74, 6) is 0. The van der Waals surface area contributed by atoms with Crippen LogP contribution < -0.4 is 0 Å². The third-order valence-corrected chi connectivity index (χ3v) is 2.86. The van der Waals surface area contributed by atoms with E-state index in [9.17, 15) is 15.3 Å². The zero-order valence-electron chi connectivity index (χ0n) is 10.3. The summed E-state index contributed by atoms with van der Waals surface area (Å²) >= 11 is 0. The van der Waals surface area contributed by atoms with E-state index in [4.69, 9.17) is 0 Å². The van der Waals surface area contributed by atoms with E-state index in [1.165, 1.54) is 0 Å². The van der Waals surface area contributed by atoms with Gasteiger partial charge in [-0.15, -0.1) is 0 Å². The van der Waals surface area contributed by atoms with Gasteiger partial charge >= 0.3 is 0 Å². The van der Waals surface area contributed by atoms with Crippen LogP contribution in [0.4, 0.5) is 0 Å². The molecule has 0 saturated carbocycles. The molecule has 17 heavy (non-hydrogen) atoms. The van der Waals surface area contributed by atoms with Crippen molar-refractivity contribution in [1.29, 1.82) is 0 Å². The molecule has 1 aromatic rings. The van der Waals surface area contributed by atoms with E-state index in [2.05, 4.69) is 0 Å². The summed E-state index contributed by atoms with van der Waals surface area (Å²) < 4.78 is 0. The second-order valence-corrected chi connectivity index (χ2v) is 4.50. The van der Waals surface area contributed by atoms with E-state index in [0.29, 0.717) is 12.8 Å². The highest BCUT2D eigenvalue weighted by Gasteiger charge is 2.19. The van der Waals surface area contributed by atoms with Gasteiger partial charge in [-0.25, -0.2) is 0 Å². The Morgan fingerprint density at radius 1 is 1.00 bits per heavy atom. The van der Waals surface area contributed by atoms with Crippen LogP contribution in [-0.2, 0) is 6.42 Å². The largest absolute Gasteiger partial charge is 0.393 e. The number of benzene rings is 1. The Balaban J connectivity index is 2.36. The van der Waals surface area contributed by atoms with Crippen molar-refractivity contribution in [3.8, 4) is 0 Å². The van der Waals surface area contributed by atoms with Gasteiger partial charge in [-0.3, -0.25) is 0 Å². The van der Waals surface area contributed by atoms with Crippen molar-refractivity contribution in [2.45, 2.75) is 50.9 Å². The minimum atomic E-state index is -0.839. The van der Waals surface area contributed by atoms with Crippen molar-refractivity contribution in [3.05, 3.63) is 35.9 Å². The van der Waals surface area contributed by atoms with Gasteiger partial charge in [-0.05, 0) is 18.4 Å². The van der Waals surface area contributed by atoms with Crippen LogP contribution in [-0.4, -0.2) is 33.6 Å². The molecule has 3 atom stereocenters. The molecule has 1 aromatic carbocycles. The fourth-order valence-corrected chi connectivity index (χ4v) is 1.89. The van der Waals surface area contributed by atoms with Gasteiger partial charge in [-0.2, -0.15) is 0 Å². The lowest BCUT2D eigenvalue weighted by Crippen LogP contribution is -2.30. The number of rotatable bonds is 7. The van der Waals surface area contributed by atoms with Crippen LogP contribution in [0.5, 0.6) is 0 Å². The predicted molar refractivity (Wildman–Crippen MR) is 67.7 cm³/mol. The van der Waals surface area contributed by atoms with E-state index in [1.54, 1.807) is 0 Å². The number of hydrogen-bond acceptors (Lipinski definition) is 3. The standard InChI is InChI=1S/C14H22O3/c1-2-6-13(16)14(17)10-12(15)9-11-7-4-3-5-8-11/h3-5,7-8,12-17H,2,6,9-10H2,1H3/t12-,13+,14-/m1/s1. The van der Waals surface area contributed by atoms with Crippen molar-refractivity contribution >= 4 is 0 Å². The van der Waals surface area contributed by atoms with Crippen LogP contribution in [0, 0.1) is 0 Å². The number of hydrogen-bond donors (Lipinski definition) is 3. The molecule has 0 aromatic heterocycles. The summed E-state index contributed by atoms with van der Waals surface area (Å²) in [5.41, 5.74) is 1.04. The Labute approximate surface area is 103 Å².